The lowest BCUT2D eigenvalue weighted by molar-refractivity contribution is 0.797. The van der Waals surface area contributed by atoms with E-state index in [1.165, 1.54) is 24.8 Å². The molecule has 0 aliphatic heterocycles. The number of hydrogen-bond acceptors (Lipinski definition) is 0. The fourth-order valence-electron chi connectivity index (χ4n) is 1.62. The van der Waals surface area contributed by atoms with Gasteiger partial charge in [-0.3, -0.25) is 0 Å². The van der Waals surface area contributed by atoms with E-state index in [0.717, 1.165) is 5.02 Å². The Morgan fingerprint density at radius 3 is 2.57 bits per heavy atom. The molecule has 0 nitrogen and oxygen atoms in total. The van der Waals surface area contributed by atoms with Gasteiger partial charge in [-0.25, -0.2) is 0 Å². The molecule has 0 aromatic heterocycles. The molecule has 0 saturated heterocycles. The van der Waals surface area contributed by atoms with Crippen LogP contribution in [-0.2, 0) is 6.42 Å². The lowest BCUT2D eigenvalue weighted by atomic mass is 10.1. The second kappa shape index (κ2) is 5.57. The molecular formula is C12H18ClSi. The van der Waals surface area contributed by atoms with Gasteiger partial charge in [0, 0.05) is 5.02 Å². The summed E-state index contributed by atoms with van der Waals surface area (Å²) in [6.45, 7) is 6.90. The summed E-state index contributed by atoms with van der Waals surface area (Å²) in [4.78, 5) is 0. The number of rotatable bonds is 4. The quantitative estimate of drug-likeness (QED) is 0.687. The van der Waals surface area contributed by atoms with Crippen LogP contribution in [0.2, 0.25) is 18.1 Å². The molecule has 1 aromatic carbocycles. The Morgan fingerprint density at radius 1 is 1.29 bits per heavy atom. The Balaban J connectivity index is 2.91. The van der Waals surface area contributed by atoms with Crippen molar-refractivity contribution in [1.29, 1.82) is 0 Å². The van der Waals surface area contributed by atoms with E-state index in [2.05, 4.69) is 32.2 Å². The fourth-order valence-corrected chi connectivity index (χ4v) is 3.07. The number of halogens is 1. The Hall–Kier alpha value is -0.273. The highest BCUT2D eigenvalue weighted by Crippen LogP contribution is 2.12. The second-order valence-corrected chi connectivity index (χ2v) is 6.88. The van der Waals surface area contributed by atoms with Crippen molar-refractivity contribution in [1.82, 2.24) is 0 Å². The summed E-state index contributed by atoms with van der Waals surface area (Å²) < 4.78 is 0. The minimum Gasteiger partial charge on any atom is -0.0843 e. The highest BCUT2D eigenvalue weighted by molar-refractivity contribution is 6.71. The highest BCUT2D eigenvalue weighted by atomic mass is 35.5. The molecular weight excluding hydrogens is 208 g/mol. The SMILES string of the molecule is CCCCc1cc(Cl)ccc1[Si](C)C. The van der Waals surface area contributed by atoms with Gasteiger partial charge < -0.3 is 0 Å². The average Bonchev–Trinajstić information content (AvgIpc) is 2.14. The molecule has 2 heteroatoms. The van der Waals surface area contributed by atoms with Crippen molar-refractivity contribution in [3.8, 4) is 0 Å². The Bertz CT molecular complexity index is 294. The number of unbranched alkanes of at least 4 members (excludes halogenated alkanes) is 1. The van der Waals surface area contributed by atoms with E-state index in [0.29, 0.717) is 0 Å². The topological polar surface area (TPSA) is 0 Å². The summed E-state index contributed by atoms with van der Waals surface area (Å²) >= 11 is 6.01. The van der Waals surface area contributed by atoms with Crippen molar-refractivity contribution in [2.45, 2.75) is 39.3 Å². The van der Waals surface area contributed by atoms with Gasteiger partial charge in [0.2, 0.25) is 0 Å². The Labute approximate surface area is 93.9 Å². The van der Waals surface area contributed by atoms with Crippen molar-refractivity contribution in [2.24, 2.45) is 0 Å². The number of aryl methyl sites for hydroxylation is 1. The zero-order valence-electron chi connectivity index (χ0n) is 9.23. The van der Waals surface area contributed by atoms with Crippen LogP contribution in [-0.4, -0.2) is 8.80 Å². The van der Waals surface area contributed by atoms with Crippen LogP contribution in [0, 0.1) is 0 Å². The molecule has 1 radical (unpaired) electrons. The van der Waals surface area contributed by atoms with Gasteiger partial charge in [-0.15, -0.1) is 0 Å². The molecule has 14 heavy (non-hydrogen) atoms. The summed E-state index contributed by atoms with van der Waals surface area (Å²) in [6.07, 6.45) is 3.70. The third-order valence-corrected chi connectivity index (χ3v) is 4.21. The van der Waals surface area contributed by atoms with Gasteiger partial charge in [0.15, 0.2) is 0 Å². The van der Waals surface area contributed by atoms with Crippen LogP contribution in [0.1, 0.15) is 25.3 Å². The molecule has 0 aliphatic rings. The van der Waals surface area contributed by atoms with Crippen LogP contribution in [0.4, 0.5) is 0 Å². The van der Waals surface area contributed by atoms with Crippen molar-refractivity contribution in [3.05, 3.63) is 28.8 Å². The molecule has 0 unspecified atom stereocenters. The molecule has 0 bridgehead atoms. The van der Waals surface area contributed by atoms with E-state index in [4.69, 9.17) is 11.6 Å². The molecule has 77 valence electrons. The predicted octanol–water partition coefficient (Wildman–Crippen LogP) is 3.64. The van der Waals surface area contributed by atoms with Gasteiger partial charge in [0.05, 0.1) is 8.80 Å². The average molecular weight is 226 g/mol. The maximum Gasteiger partial charge on any atom is 0.0795 e. The first-order chi connectivity index (χ1) is 6.65. The zero-order valence-corrected chi connectivity index (χ0v) is 11.0. The summed E-state index contributed by atoms with van der Waals surface area (Å²) in [5.41, 5.74) is 1.47. The fraction of sp³-hybridized carbons (Fsp3) is 0.500. The van der Waals surface area contributed by atoms with E-state index in [9.17, 15) is 0 Å². The van der Waals surface area contributed by atoms with Crippen LogP contribution >= 0.6 is 11.6 Å². The summed E-state index contributed by atoms with van der Waals surface area (Å²) in [5, 5.41) is 2.43. The van der Waals surface area contributed by atoms with E-state index in [-0.39, 0.29) is 8.80 Å². The van der Waals surface area contributed by atoms with Gasteiger partial charge in [-0.2, -0.15) is 0 Å². The lowest BCUT2D eigenvalue weighted by Crippen LogP contribution is -2.26. The van der Waals surface area contributed by atoms with E-state index in [1.54, 1.807) is 5.19 Å². The van der Waals surface area contributed by atoms with Crippen LogP contribution < -0.4 is 5.19 Å². The minimum absolute atomic E-state index is 0.347. The first-order valence-corrected chi connectivity index (χ1v) is 8.12. The monoisotopic (exact) mass is 225 g/mol. The van der Waals surface area contributed by atoms with Crippen molar-refractivity contribution >= 4 is 25.6 Å². The first kappa shape index (κ1) is 11.8. The lowest BCUT2D eigenvalue weighted by Gasteiger charge is -2.11. The van der Waals surface area contributed by atoms with Crippen molar-refractivity contribution < 1.29 is 0 Å². The predicted molar refractivity (Wildman–Crippen MR) is 67.2 cm³/mol. The molecule has 0 fully saturated rings. The highest BCUT2D eigenvalue weighted by Gasteiger charge is 2.07. The van der Waals surface area contributed by atoms with Gasteiger partial charge in [0.25, 0.3) is 0 Å². The number of benzene rings is 1. The van der Waals surface area contributed by atoms with Crippen LogP contribution in [0.15, 0.2) is 18.2 Å². The number of hydrogen-bond donors (Lipinski definition) is 0. The van der Waals surface area contributed by atoms with Gasteiger partial charge in [0.1, 0.15) is 0 Å². The van der Waals surface area contributed by atoms with Crippen molar-refractivity contribution in [2.75, 3.05) is 0 Å². The molecule has 1 rings (SSSR count). The molecule has 0 atom stereocenters. The summed E-state index contributed by atoms with van der Waals surface area (Å²) in [5.74, 6) is 0. The molecule has 0 heterocycles. The summed E-state index contributed by atoms with van der Waals surface area (Å²) in [7, 11) is -0.347. The van der Waals surface area contributed by atoms with Crippen molar-refractivity contribution in [3.63, 3.8) is 0 Å². The smallest absolute Gasteiger partial charge is 0.0795 e. The summed E-state index contributed by atoms with van der Waals surface area (Å²) in [6, 6.07) is 6.37. The Kier molecular flexibility index (Phi) is 4.69. The molecule has 0 amide bonds. The van der Waals surface area contributed by atoms with Crippen LogP contribution in [0.5, 0.6) is 0 Å². The maximum absolute atomic E-state index is 6.01. The van der Waals surface area contributed by atoms with E-state index >= 15 is 0 Å². The second-order valence-electron chi connectivity index (χ2n) is 3.91. The van der Waals surface area contributed by atoms with Gasteiger partial charge in [-0.1, -0.05) is 49.3 Å². The van der Waals surface area contributed by atoms with Crippen LogP contribution in [0.3, 0.4) is 0 Å². The molecule has 0 saturated carbocycles. The van der Waals surface area contributed by atoms with Gasteiger partial charge >= 0.3 is 0 Å². The maximum atomic E-state index is 6.01. The third kappa shape index (κ3) is 3.14. The van der Waals surface area contributed by atoms with E-state index < -0.39 is 0 Å². The molecule has 1 aromatic rings. The molecule has 0 spiro atoms. The first-order valence-electron chi connectivity index (χ1n) is 5.24. The largest absolute Gasteiger partial charge is 0.0843 e. The standard InChI is InChI=1S/C12H18ClSi/c1-4-5-6-10-9-11(13)7-8-12(10)14(2)3/h7-9H,4-6H2,1-3H3. The van der Waals surface area contributed by atoms with Gasteiger partial charge in [-0.05, 0) is 30.5 Å². The normalized spacial score (nSPS) is 10.9. The molecule has 0 aliphatic carbocycles. The third-order valence-electron chi connectivity index (χ3n) is 2.41. The molecule has 0 N–H and O–H groups in total. The Morgan fingerprint density at radius 2 is 2.00 bits per heavy atom. The van der Waals surface area contributed by atoms with E-state index in [1.807, 2.05) is 6.07 Å². The van der Waals surface area contributed by atoms with Crippen LogP contribution in [0.25, 0.3) is 0 Å². The minimum atomic E-state index is -0.347. The zero-order chi connectivity index (χ0) is 10.6.